The Kier molecular flexibility index (Phi) is 4.06. The van der Waals surface area contributed by atoms with Gasteiger partial charge in [0.1, 0.15) is 0 Å². The monoisotopic (exact) mass is 260 g/mol. The summed E-state index contributed by atoms with van der Waals surface area (Å²) in [7, 11) is 0. The lowest BCUT2D eigenvalue weighted by atomic mass is 9.68. The zero-order chi connectivity index (χ0) is 14.1. The van der Waals surface area contributed by atoms with E-state index in [0.29, 0.717) is 11.3 Å². The van der Waals surface area contributed by atoms with Crippen LogP contribution in [0, 0.1) is 22.7 Å². The number of rotatable bonds is 2. The summed E-state index contributed by atoms with van der Waals surface area (Å²) in [5, 5.41) is 10.2. The highest BCUT2D eigenvalue weighted by atomic mass is 16.3. The van der Waals surface area contributed by atoms with Crippen molar-refractivity contribution in [3.63, 3.8) is 0 Å². The van der Waals surface area contributed by atoms with Crippen molar-refractivity contribution in [1.82, 2.24) is 0 Å². The van der Waals surface area contributed by atoms with Crippen LogP contribution in [0.2, 0.25) is 0 Å². The SMILES string of the molecule is CC1(C)CC=CCC1C=CC1C(O)C=CCC1(C)C. The molecule has 2 aliphatic carbocycles. The van der Waals surface area contributed by atoms with Gasteiger partial charge in [0.15, 0.2) is 0 Å². The van der Waals surface area contributed by atoms with Gasteiger partial charge in [0.2, 0.25) is 0 Å². The molecule has 1 N–H and O–H groups in total. The summed E-state index contributed by atoms with van der Waals surface area (Å²) in [6.45, 7) is 9.18. The van der Waals surface area contributed by atoms with E-state index in [9.17, 15) is 5.11 Å². The molecule has 2 aliphatic rings. The van der Waals surface area contributed by atoms with Gasteiger partial charge in [-0.15, -0.1) is 0 Å². The summed E-state index contributed by atoms with van der Waals surface area (Å²) in [4.78, 5) is 0. The van der Waals surface area contributed by atoms with Crippen molar-refractivity contribution in [3.05, 3.63) is 36.5 Å². The van der Waals surface area contributed by atoms with Crippen molar-refractivity contribution in [2.75, 3.05) is 0 Å². The Morgan fingerprint density at radius 2 is 1.63 bits per heavy atom. The molecular weight excluding hydrogens is 232 g/mol. The number of aliphatic hydroxyl groups is 1. The van der Waals surface area contributed by atoms with Gasteiger partial charge in [-0.1, -0.05) is 64.2 Å². The molecule has 3 atom stereocenters. The lowest BCUT2D eigenvalue weighted by Crippen LogP contribution is -2.34. The predicted octanol–water partition coefficient (Wildman–Crippen LogP) is 4.50. The maximum atomic E-state index is 10.2. The zero-order valence-electron chi connectivity index (χ0n) is 12.8. The van der Waals surface area contributed by atoms with E-state index >= 15 is 0 Å². The lowest BCUT2D eigenvalue weighted by molar-refractivity contribution is 0.0877. The minimum absolute atomic E-state index is 0.152. The summed E-state index contributed by atoms with van der Waals surface area (Å²) in [5.41, 5.74) is 0.490. The van der Waals surface area contributed by atoms with Crippen molar-refractivity contribution in [2.45, 2.75) is 53.1 Å². The maximum Gasteiger partial charge on any atom is 0.0788 e. The topological polar surface area (TPSA) is 20.2 Å². The molecule has 0 amide bonds. The van der Waals surface area contributed by atoms with Crippen molar-refractivity contribution in [1.29, 1.82) is 0 Å². The van der Waals surface area contributed by atoms with Gasteiger partial charge in [0.25, 0.3) is 0 Å². The zero-order valence-corrected chi connectivity index (χ0v) is 12.8. The van der Waals surface area contributed by atoms with E-state index in [1.54, 1.807) is 0 Å². The third-order valence-corrected chi connectivity index (χ3v) is 5.00. The van der Waals surface area contributed by atoms with Crippen molar-refractivity contribution >= 4 is 0 Å². The fourth-order valence-electron chi connectivity index (χ4n) is 3.30. The van der Waals surface area contributed by atoms with Gasteiger partial charge in [-0.2, -0.15) is 0 Å². The van der Waals surface area contributed by atoms with E-state index in [4.69, 9.17) is 0 Å². The molecule has 0 aliphatic heterocycles. The van der Waals surface area contributed by atoms with Crippen molar-refractivity contribution in [2.24, 2.45) is 22.7 Å². The molecule has 0 aromatic heterocycles. The van der Waals surface area contributed by atoms with Crippen molar-refractivity contribution in [3.8, 4) is 0 Å². The van der Waals surface area contributed by atoms with Crippen LogP contribution in [0.1, 0.15) is 47.0 Å². The Hall–Kier alpha value is -0.820. The summed E-state index contributed by atoms with van der Waals surface area (Å²) in [6.07, 6.45) is 16.3. The lowest BCUT2D eigenvalue weighted by Gasteiger charge is -2.38. The van der Waals surface area contributed by atoms with Crippen LogP contribution in [0.4, 0.5) is 0 Å². The first-order valence-corrected chi connectivity index (χ1v) is 7.51. The third kappa shape index (κ3) is 3.20. The van der Waals surface area contributed by atoms with Gasteiger partial charge in [-0.3, -0.25) is 0 Å². The Balaban J connectivity index is 2.13. The quantitative estimate of drug-likeness (QED) is 0.725. The minimum atomic E-state index is -0.331. The highest BCUT2D eigenvalue weighted by molar-refractivity contribution is 5.14. The molecule has 3 unspecified atom stereocenters. The van der Waals surface area contributed by atoms with Crippen LogP contribution in [0.25, 0.3) is 0 Å². The average Bonchev–Trinajstić information content (AvgIpc) is 2.29. The Morgan fingerprint density at radius 3 is 2.26 bits per heavy atom. The smallest absolute Gasteiger partial charge is 0.0788 e. The van der Waals surface area contributed by atoms with Crippen LogP contribution in [-0.4, -0.2) is 11.2 Å². The van der Waals surface area contributed by atoms with E-state index < -0.39 is 0 Å². The van der Waals surface area contributed by atoms with Gasteiger partial charge < -0.3 is 5.11 Å². The molecule has 0 bridgehead atoms. The second-order valence-electron chi connectivity index (χ2n) is 7.53. The van der Waals surface area contributed by atoms with Crippen molar-refractivity contribution < 1.29 is 5.11 Å². The summed E-state index contributed by atoms with van der Waals surface area (Å²) in [6, 6.07) is 0. The van der Waals surface area contributed by atoms with Crippen LogP contribution in [0.3, 0.4) is 0 Å². The normalized spacial score (nSPS) is 36.8. The Morgan fingerprint density at radius 1 is 0.947 bits per heavy atom. The van der Waals surface area contributed by atoms with Crippen LogP contribution in [-0.2, 0) is 0 Å². The van der Waals surface area contributed by atoms with Gasteiger partial charge in [-0.05, 0) is 36.0 Å². The average molecular weight is 260 g/mol. The molecule has 0 spiro atoms. The summed E-state index contributed by atoms with van der Waals surface area (Å²) >= 11 is 0. The largest absolute Gasteiger partial charge is 0.388 e. The third-order valence-electron chi connectivity index (χ3n) is 5.00. The fraction of sp³-hybridized carbons (Fsp3) is 0.667. The molecule has 19 heavy (non-hydrogen) atoms. The van der Waals surface area contributed by atoms with Gasteiger partial charge in [0.05, 0.1) is 6.10 Å². The summed E-state index contributed by atoms with van der Waals surface area (Å²) < 4.78 is 0. The second kappa shape index (κ2) is 5.28. The molecular formula is C18H28O. The van der Waals surface area contributed by atoms with Gasteiger partial charge >= 0.3 is 0 Å². The van der Waals surface area contributed by atoms with Crippen LogP contribution >= 0.6 is 0 Å². The molecule has 0 saturated carbocycles. The molecule has 0 aromatic rings. The van der Waals surface area contributed by atoms with Crippen LogP contribution < -0.4 is 0 Å². The van der Waals surface area contributed by atoms with E-state index in [1.807, 2.05) is 6.08 Å². The first-order chi connectivity index (χ1) is 8.83. The molecule has 0 radical (unpaired) electrons. The molecule has 106 valence electrons. The first-order valence-electron chi connectivity index (χ1n) is 7.51. The number of aliphatic hydroxyl groups excluding tert-OH is 1. The highest BCUT2D eigenvalue weighted by Gasteiger charge is 2.35. The highest BCUT2D eigenvalue weighted by Crippen LogP contribution is 2.41. The molecule has 2 rings (SSSR count). The Labute approximate surface area is 118 Å². The predicted molar refractivity (Wildman–Crippen MR) is 81.8 cm³/mol. The maximum absolute atomic E-state index is 10.2. The molecule has 1 heteroatoms. The van der Waals surface area contributed by atoms with E-state index in [-0.39, 0.29) is 17.4 Å². The summed E-state index contributed by atoms with van der Waals surface area (Å²) in [5.74, 6) is 0.825. The van der Waals surface area contributed by atoms with Gasteiger partial charge in [0, 0.05) is 5.92 Å². The number of allylic oxidation sites excluding steroid dienone is 4. The number of hydrogen-bond donors (Lipinski definition) is 1. The van der Waals surface area contributed by atoms with E-state index in [1.165, 1.54) is 0 Å². The molecule has 1 nitrogen and oxygen atoms in total. The second-order valence-corrected chi connectivity index (χ2v) is 7.53. The van der Waals surface area contributed by atoms with E-state index in [0.717, 1.165) is 19.3 Å². The molecule has 0 heterocycles. The first kappa shape index (κ1) is 14.6. The van der Waals surface area contributed by atoms with Crippen LogP contribution in [0.5, 0.6) is 0 Å². The number of hydrogen-bond acceptors (Lipinski definition) is 1. The molecule has 0 fully saturated rings. The van der Waals surface area contributed by atoms with Gasteiger partial charge in [-0.25, -0.2) is 0 Å². The van der Waals surface area contributed by atoms with E-state index in [2.05, 4.69) is 58.1 Å². The fourth-order valence-corrected chi connectivity index (χ4v) is 3.30. The molecule has 0 aromatic carbocycles. The molecule has 0 saturated heterocycles. The minimum Gasteiger partial charge on any atom is -0.388 e. The Bertz CT molecular complexity index is 398. The van der Waals surface area contributed by atoms with Crippen LogP contribution in [0.15, 0.2) is 36.5 Å². The standard InChI is InChI=1S/C18H28O/c1-17(2)12-6-5-8-14(17)10-11-15-16(19)9-7-13-18(15,3)4/h5-7,9-11,14-16,19H,8,12-13H2,1-4H3.